The van der Waals surface area contributed by atoms with Crippen LogP contribution in [0, 0.1) is 6.92 Å². The molecule has 0 radical (unpaired) electrons. The quantitative estimate of drug-likeness (QED) is 0.910. The Labute approximate surface area is 147 Å². The first-order valence-corrected chi connectivity index (χ1v) is 7.70. The summed E-state index contributed by atoms with van der Waals surface area (Å²) in [5.41, 5.74) is 3.17. The number of aryl methyl sites for hydroxylation is 2. The van der Waals surface area contributed by atoms with Gasteiger partial charge in [0.25, 0.3) is 0 Å². The summed E-state index contributed by atoms with van der Waals surface area (Å²) in [6.45, 7) is 3.35. The van der Waals surface area contributed by atoms with Crippen molar-refractivity contribution in [2.24, 2.45) is 7.05 Å². The number of rotatable bonds is 4. The molecule has 0 amide bonds. The van der Waals surface area contributed by atoms with Gasteiger partial charge in [-0.25, -0.2) is 4.68 Å². The van der Waals surface area contributed by atoms with Crippen molar-refractivity contribution < 1.29 is 9.47 Å². The molecular weight excluding hydrogens is 337 g/mol. The maximum absolute atomic E-state index is 6.21. The third-order valence-corrected chi connectivity index (χ3v) is 4.33. The summed E-state index contributed by atoms with van der Waals surface area (Å²) < 4.78 is 12.9. The van der Waals surface area contributed by atoms with E-state index >= 15 is 0 Å². The van der Waals surface area contributed by atoms with Gasteiger partial charge >= 0.3 is 0 Å². The van der Waals surface area contributed by atoms with E-state index in [4.69, 9.17) is 21.1 Å². The highest BCUT2D eigenvalue weighted by molar-refractivity contribution is 6.32. The molecule has 0 saturated carbocycles. The molecule has 0 aliphatic carbocycles. The lowest BCUT2D eigenvalue weighted by Gasteiger charge is -2.27. The third kappa shape index (κ3) is 3.42. The maximum atomic E-state index is 6.21. The highest BCUT2D eigenvalue weighted by atomic mass is 35.5. The third-order valence-electron chi connectivity index (χ3n) is 4.03. The van der Waals surface area contributed by atoms with Crippen molar-refractivity contribution in [2.75, 3.05) is 13.7 Å². The van der Waals surface area contributed by atoms with Crippen molar-refractivity contribution in [3.05, 3.63) is 40.0 Å². The van der Waals surface area contributed by atoms with Gasteiger partial charge in [-0.1, -0.05) is 23.7 Å². The fourth-order valence-electron chi connectivity index (χ4n) is 2.96. The lowest BCUT2D eigenvalue weighted by Crippen LogP contribution is -2.27. The van der Waals surface area contributed by atoms with Gasteiger partial charge in [0, 0.05) is 31.6 Å². The molecule has 1 atom stereocenters. The fraction of sp³-hybridized carbons (Fsp3) is 0.438. The number of hydrogen-bond acceptors (Lipinski definition) is 4. The summed E-state index contributed by atoms with van der Waals surface area (Å²) >= 11 is 6.21. The molecule has 1 aromatic carbocycles. The highest BCUT2D eigenvalue weighted by Gasteiger charge is 2.24. The van der Waals surface area contributed by atoms with E-state index in [1.807, 2.05) is 26.1 Å². The Kier molecular flexibility index (Phi) is 5.79. The topological polar surface area (TPSA) is 48.3 Å². The molecule has 5 nitrogen and oxygen atoms in total. The second kappa shape index (κ2) is 7.43. The summed E-state index contributed by atoms with van der Waals surface area (Å²) in [4.78, 5) is 0. The van der Waals surface area contributed by atoms with Gasteiger partial charge in [0.2, 0.25) is 5.88 Å². The first kappa shape index (κ1) is 17.9. The smallest absolute Gasteiger partial charge is 0.216 e. The number of hydrogen-bond donors (Lipinski definition) is 1. The van der Waals surface area contributed by atoms with Gasteiger partial charge in [0.15, 0.2) is 0 Å². The maximum Gasteiger partial charge on any atom is 0.216 e. The Hall–Kier alpha value is -1.43. The van der Waals surface area contributed by atoms with Gasteiger partial charge in [-0.05, 0) is 13.0 Å². The van der Waals surface area contributed by atoms with Crippen LogP contribution in [0.2, 0.25) is 5.02 Å². The Balaban J connectivity index is 0.00000192. The lowest BCUT2D eigenvalue weighted by atomic mass is 10.0. The molecule has 0 bridgehead atoms. The molecule has 1 N–H and O–H groups in total. The van der Waals surface area contributed by atoms with Gasteiger partial charge in [-0.15, -0.1) is 12.4 Å². The summed E-state index contributed by atoms with van der Waals surface area (Å²) in [6.07, 6.45) is 0.912. The van der Waals surface area contributed by atoms with Crippen LogP contribution in [0.3, 0.4) is 0 Å². The van der Waals surface area contributed by atoms with E-state index in [1.54, 1.807) is 11.8 Å². The van der Waals surface area contributed by atoms with Gasteiger partial charge in [0.05, 0.1) is 30.0 Å². The number of nitrogens with one attached hydrogen (secondary N) is 1. The largest absolute Gasteiger partial charge is 0.492 e. The predicted molar refractivity (Wildman–Crippen MR) is 92.9 cm³/mol. The van der Waals surface area contributed by atoms with E-state index in [9.17, 15) is 0 Å². The monoisotopic (exact) mass is 357 g/mol. The first-order valence-electron chi connectivity index (χ1n) is 7.33. The van der Waals surface area contributed by atoms with Crippen LogP contribution in [-0.2, 0) is 13.6 Å². The molecule has 0 spiro atoms. The number of fused-ring (bicyclic) bond motifs is 1. The molecule has 1 aliphatic heterocycles. The van der Waals surface area contributed by atoms with Crippen molar-refractivity contribution >= 4 is 24.0 Å². The van der Waals surface area contributed by atoms with Gasteiger partial charge < -0.3 is 14.8 Å². The van der Waals surface area contributed by atoms with Gasteiger partial charge in [-0.2, -0.15) is 5.10 Å². The molecular formula is C16H21Cl2N3O2. The SMILES string of the molecule is COc1c(CNC2CCOc3c(Cl)cccc32)c(C)nn1C.Cl. The predicted octanol–water partition coefficient (Wildman–Crippen LogP) is 3.43. The van der Waals surface area contributed by atoms with Crippen LogP contribution in [0.15, 0.2) is 18.2 Å². The molecule has 0 fully saturated rings. The number of ether oxygens (including phenoxy) is 2. The zero-order valence-corrected chi connectivity index (χ0v) is 15.0. The molecule has 3 rings (SSSR count). The number of methoxy groups -OCH3 is 1. The van der Waals surface area contributed by atoms with E-state index in [2.05, 4.69) is 16.5 Å². The zero-order chi connectivity index (χ0) is 15.7. The van der Waals surface area contributed by atoms with Crippen LogP contribution in [0.4, 0.5) is 0 Å². The normalized spacial score (nSPS) is 16.3. The molecule has 1 aromatic heterocycles. The van der Waals surface area contributed by atoms with E-state index in [0.29, 0.717) is 18.2 Å². The minimum Gasteiger partial charge on any atom is -0.492 e. The Bertz CT molecular complexity index is 688. The average Bonchev–Trinajstić information content (AvgIpc) is 2.78. The summed E-state index contributed by atoms with van der Waals surface area (Å²) in [5, 5.41) is 8.65. The minimum atomic E-state index is 0. The van der Waals surface area contributed by atoms with Crippen LogP contribution in [0.5, 0.6) is 11.6 Å². The van der Waals surface area contributed by atoms with E-state index in [-0.39, 0.29) is 18.4 Å². The number of para-hydroxylation sites is 1. The molecule has 1 unspecified atom stereocenters. The van der Waals surface area contributed by atoms with Crippen molar-refractivity contribution in [3.8, 4) is 11.6 Å². The second-order valence-corrected chi connectivity index (χ2v) is 5.83. The second-order valence-electron chi connectivity index (χ2n) is 5.43. The van der Waals surface area contributed by atoms with Crippen LogP contribution >= 0.6 is 24.0 Å². The molecule has 0 saturated heterocycles. The summed E-state index contributed by atoms with van der Waals surface area (Å²) in [5.74, 6) is 1.59. The molecule has 7 heteroatoms. The Morgan fingerprint density at radius 3 is 3.00 bits per heavy atom. The number of aromatic nitrogens is 2. The highest BCUT2D eigenvalue weighted by Crippen LogP contribution is 2.37. The first-order chi connectivity index (χ1) is 10.6. The number of benzene rings is 1. The van der Waals surface area contributed by atoms with Crippen molar-refractivity contribution in [3.63, 3.8) is 0 Å². The molecule has 23 heavy (non-hydrogen) atoms. The standard InChI is InChI=1S/C16H20ClN3O2.ClH/c1-10-12(16(21-3)20(2)19-10)9-18-14-7-8-22-15-11(14)5-4-6-13(15)17;/h4-6,14,18H,7-9H2,1-3H3;1H. The number of halogens is 2. The van der Waals surface area contributed by atoms with Gasteiger partial charge in [-0.3, -0.25) is 0 Å². The van der Waals surface area contributed by atoms with Crippen molar-refractivity contribution in [1.29, 1.82) is 0 Å². The lowest BCUT2D eigenvalue weighted by molar-refractivity contribution is 0.252. The summed E-state index contributed by atoms with van der Waals surface area (Å²) in [6, 6.07) is 6.09. The van der Waals surface area contributed by atoms with E-state index in [0.717, 1.165) is 34.9 Å². The average molecular weight is 358 g/mol. The van der Waals surface area contributed by atoms with Crippen LogP contribution < -0.4 is 14.8 Å². The van der Waals surface area contributed by atoms with E-state index < -0.39 is 0 Å². The molecule has 1 aliphatic rings. The fourth-order valence-corrected chi connectivity index (χ4v) is 3.20. The molecule has 2 aromatic rings. The van der Waals surface area contributed by atoms with Crippen molar-refractivity contribution in [2.45, 2.75) is 25.9 Å². The Morgan fingerprint density at radius 1 is 1.48 bits per heavy atom. The summed E-state index contributed by atoms with van der Waals surface area (Å²) in [7, 11) is 3.56. The molecule has 126 valence electrons. The van der Waals surface area contributed by atoms with Crippen LogP contribution in [0.25, 0.3) is 0 Å². The van der Waals surface area contributed by atoms with E-state index in [1.165, 1.54) is 0 Å². The van der Waals surface area contributed by atoms with Crippen LogP contribution in [-0.4, -0.2) is 23.5 Å². The van der Waals surface area contributed by atoms with Gasteiger partial charge in [0.1, 0.15) is 5.75 Å². The van der Waals surface area contributed by atoms with Crippen molar-refractivity contribution in [1.82, 2.24) is 15.1 Å². The van der Waals surface area contributed by atoms with Crippen LogP contribution in [0.1, 0.15) is 29.3 Å². The zero-order valence-electron chi connectivity index (χ0n) is 13.4. The number of nitrogens with zero attached hydrogens (tertiary/aromatic N) is 2. The Morgan fingerprint density at radius 2 is 2.26 bits per heavy atom. The molecule has 2 heterocycles. The minimum absolute atomic E-state index is 0.